The molecule has 0 fully saturated rings. The minimum Gasteiger partial charge on any atom is -0.302 e. The first-order valence-corrected chi connectivity index (χ1v) is 8.92. The molecular formula is C17H20N2S2. The normalized spacial score (nSPS) is 13.2. The number of aryl methyl sites for hydroxylation is 2. The van der Waals surface area contributed by atoms with Crippen LogP contribution in [0.4, 0.5) is 0 Å². The Bertz CT molecular complexity index is 736. The SMILES string of the molecule is Cc1nc(C(NC(C)C)c2csc3ccccc23)sc1C. The average Bonchev–Trinajstić information content (AvgIpc) is 3.01. The van der Waals surface area contributed by atoms with Crippen molar-refractivity contribution in [2.75, 3.05) is 0 Å². The molecular weight excluding hydrogens is 296 g/mol. The molecule has 21 heavy (non-hydrogen) atoms. The molecule has 0 saturated heterocycles. The quantitative estimate of drug-likeness (QED) is 0.727. The number of aromatic nitrogens is 1. The largest absolute Gasteiger partial charge is 0.302 e. The summed E-state index contributed by atoms with van der Waals surface area (Å²) in [4.78, 5) is 6.09. The van der Waals surface area contributed by atoms with Gasteiger partial charge in [0.2, 0.25) is 0 Å². The molecule has 1 aromatic carbocycles. The summed E-state index contributed by atoms with van der Waals surface area (Å²) in [6.45, 7) is 8.62. The van der Waals surface area contributed by atoms with Crippen molar-refractivity contribution in [2.45, 2.75) is 39.8 Å². The maximum atomic E-state index is 4.79. The van der Waals surface area contributed by atoms with Gasteiger partial charge in [-0.2, -0.15) is 0 Å². The third-order valence-corrected chi connectivity index (χ3v) is 5.73. The fourth-order valence-corrected chi connectivity index (χ4v) is 4.46. The summed E-state index contributed by atoms with van der Waals surface area (Å²) in [5.41, 5.74) is 2.49. The number of nitrogens with zero attached hydrogens (tertiary/aromatic N) is 1. The second kappa shape index (κ2) is 5.87. The number of thiazole rings is 1. The Morgan fingerprint density at radius 1 is 1.14 bits per heavy atom. The van der Waals surface area contributed by atoms with Crippen molar-refractivity contribution >= 4 is 32.8 Å². The molecule has 2 heterocycles. The van der Waals surface area contributed by atoms with Crippen molar-refractivity contribution in [3.05, 3.63) is 50.8 Å². The summed E-state index contributed by atoms with van der Waals surface area (Å²) in [6, 6.07) is 9.21. The Balaban J connectivity index is 2.11. The Hall–Kier alpha value is -1.23. The van der Waals surface area contributed by atoms with Crippen LogP contribution in [0.25, 0.3) is 10.1 Å². The molecule has 1 N–H and O–H groups in total. The van der Waals surface area contributed by atoms with Crippen molar-refractivity contribution in [3.63, 3.8) is 0 Å². The summed E-state index contributed by atoms with van der Waals surface area (Å²) in [7, 11) is 0. The number of nitrogens with one attached hydrogen (secondary N) is 1. The molecule has 0 aliphatic carbocycles. The lowest BCUT2D eigenvalue weighted by Crippen LogP contribution is -2.28. The number of hydrogen-bond donors (Lipinski definition) is 1. The van der Waals surface area contributed by atoms with E-state index < -0.39 is 0 Å². The number of hydrogen-bond acceptors (Lipinski definition) is 4. The van der Waals surface area contributed by atoms with Crippen molar-refractivity contribution in [2.24, 2.45) is 0 Å². The minimum atomic E-state index is 0.179. The van der Waals surface area contributed by atoms with Crippen molar-refractivity contribution in [1.29, 1.82) is 0 Å². The van der Waals surface area contributed by atoms with Crippen LogP contribution in [0, 0.1) is 13.8 Å². The molecule has 0 bridgehead atoms. The molecule has 2 aromatic heterocycles. The topological polar surface area (TPSA) is 24.9 Å². The highest BCUT2D eigenvalue weighted by Crippen LogP contribution is 2.35. The Labute approximate surface area is 133 Å². The van der Waals surface area contributed by atoms with Crippen molar-refractivity contribution < 1.29 is 0 Å². The first-order valence-electron chi connectivity index (χ1n) is 7.22. The third kappa shape index (κ3) is 2.89. The molecule has 1 unspecified atom stereocenters. The van der Waals surface area contributed by atoms with Gasteiger partial charge in [0.25, 0.3) is 0 Å². The number of rotatable bonds is 4. The maximum Gasteiger partial charge on any atom is 0.115 e. The fourth-order valence-electron chi connectivity index (χ4n) is 2.47. The molecule has 1 atom stereocenters. The van der Waals surface area contributed by atoms with Crippen LogP contribution < -0.4 is 5.32 Å². The highest BCUT2D eigenvalue weighted by Gasteiger charge is 2.22. The van der Waals surface area contributed by atoms with Crippen molar-refractivity contribution in [3.8, 4) is 0 Å². The molecule has 3 aromatic rings. The molecule has 0 saturated carbocycles. The summed E-state index contributed by atoms with van der Waals surface area (Å²) in [6.07, 6.45) is 0. The van der Waals surface area contributed by atoms with E-state index >= 15 is 0 Å². The Morgan fingerprint density at radius 3 is 2.57 bits per heavy atom. The van der Waals surface area contributed by atoms with Gasteiger partial charge < -0.3 is 5.32 Å². The molecule has 110 valence electrons. The first-order chi connectivity index (χ1) is 10.1. The lowest BCUT2D eigenvalue weighted by Gasteiger charge is -2.19. The van der Waals surface area contributed by atoms with E-state index in [-0.39, 0.29) is 6.04 Å². The van der Waals surface area contributed by atoms with Crippen LogP contribution in [-0.4, -0.2) is 11.0 Å². The van der Waals surface area contributed by atoms with Crippen LogP contribution >= 0.6 is 22.7 Å². The molecule has 4 heteroatoms. The molecule has 3 rings (SSSR count). The predicted octanol–water partition coefficient (Wildman–Crippen LogP) is 5.06. The second-order valence-corrected chi connectivity index (χ2v) is 7.78. The van der Waals surface area contributed by atoms with Gasteiger partial charge in [-0.15, -0.1) is 22.7 Å². The molecule has 0 aliphatic heterocycles. The van der Waals surface area contributed by atoms with E-state index in [2.05, 4.69) is 62.7 Å². The van der Waals surface area contributed by atoms with Gasteiger partial charge >= 0.3 is 0 Å². The average molecular weight is 316 g/mol. The van der Waals surface area contributed by atoms with Gasteiger partial charge in [0.05, 0.1) is 11.7 Å². The van der Waals surface area contributed by atoms with Crippen molar-refractivity contribution in [1.82, 2.24) is 10.3 Å². The predicted molar refractivity (Wildman–Crippen MR) is 93.5 cm³/mol. The van der Waals surface area contributed by atoms with Gasteiger partial charge in [-0.3, -0.25) is 0 Å². The number of thiophene rings is 1. The molecule has 2 nitrogen and oxygen atoms in total. The van der Waals surface area contributed by atoms with E-state index in [1.807, 2.05) is 11.3 Å². The Kier molecular flexibility index (Phi) is 4.11. The fraction of sp³-hybridized carbons (Fsp3) is 0.353. The summed E-state index contributed by atoms with van der Waals surface area (Å²) in [5, 5.41) is 8.47. The van der Waals surface area contributed by atoms with E-state index in [9.17, 15) is 0 Å². The molecule has 0 radical (unpaired) electrons. The van der Waals surface area contributed by atoms with E-state index in [4.69, 9.17) is 4.98 Å². The van der Waals surface area contributed by atoms with Gasteiger partial charge in [-0.05, 0) is 50.1 Å². The van der Waals surface area contributed by atoms with Crippen LogP contribution in [0.2, 0.25) is 0 Å². The summed E-state index contributed by atoms with van der Waals surface area (Å²) >= 11 is 3.61. The monoisotopic (exact) mass is 316 g/mol. The van der Waals surface area contributed by atoms with E-state index in [1.54, 1.807) is 11.3 Å². The van der Waals surface area contributed by atoms with Gasteiger partial charge in [0, 0.05) is 15.6 Å². The minimum absolute atomic E-state index is 0.179. The molecule has 0 amide bonds. The van der Waals surface area contributed by atoms with Crippen LogP contribution in [-0.2, 0) is 0 Å². The zero-order valence-corrected chi connectivity index (χ0v) is 14.4. The highest BCUT2D eigenvalue weighted by molar-refractivity contribution is 7.17. The van der Waals surface area contributed by atoms with Gasteiger partial charge in [0.15, 0.2) is 0 Å². The van der Waals surface area contributed by atoms with Gasteiger partial charge in [-0.25, -0.2) is 4.98 Å². The van der Waals surface area contributed by atoms with Crippen LogP contribution in [0.3, 0.4) is 0 Å². The van der Waals surface area contributed by atoms with Crippen LogP contribution in [0.1, 0.15) is 41.0 Å². The van der Waals surface area contributed by atoms with E-state index in [1.165, 1.54) is 25.5 Å². The summed E-state index contributed by atoms with van der Waals surface area (Å²) < 4.78 is 1.34. The third-order valence-electron chi connectivity index (χ3n) is 3.61. The zero-order chi connectivity index (χ0) is 15.0. The molecule has 0 spiro atoms. The number of fused-ring (bicyclic) bond motifs is 1. The first kappa shape index (κ1) is 14.7. The Morgan fingerprint density at radius 2 is 1.90 bits per heavy atom. The molecule has 0 aliphatic rings. The van der Waals surface area contributed by atoms with E-state index in [0.717, 1.165) is 5.69 Å². The number of benzene rings is 1. The second-order valence-electron chi connectivity index (χ2n) is 5.64. The van der Waals surface area contributed by atoms with Gasteiger partial charge in [0.1, 0.15) is 5.01 Å². The van der Waals surface area contributed by atoms with Crippen LogP contribution in [0.15, 0.2) is 29.6 Å². The lowest BCUT2D eigenvalue weighted by atomic mass is 10.1. The smallest absolute Gasteiger partial charge is 0.115 e. The van der Waals surface area contributed by atoms with Crippen LogP contribution in [0.5, 0.6) is 0 Å². The standard InChI is InChI=1S/C17H20N2S2/c1-10(2)18-16(17-19-11(3)12(4)21-17)14-9-20-15-8-6-5-7-13(14)15/h5-10,16,18H,1-4H3. The summed E-state index contributed by atoms with van der Waals surface area (Å²) in [5.74, 6) is 0. The van der Waals surface area contributed by atoms with E-state index in [0.29, 0.717) is 6.04 Å². The van der Waals surface area contributed by atoms with Gasteiger partial charge in [-0.1, -0.05) is 18.2 Å². The lowest BCUT2D eigenvalue weighted by molar-refractivity contribution is 0.529. The maximum absolute atomic E-state index is 4.79. The highest BCUT2D eigenvalue weighted by atomic mass is 32.1. The zero-order valence-electron chi connectivity index (χ0n) is 12.8.